The molecule has 0 saturated carbocycles. The van der Waals surface area contributed by atoms with E-state index in [0.717, 1.165) is 21.4 Å². The van der Waals surface area contributed by atoms with E-state index in [-0.39, 0.29) is 0 Å². The van der Waals surface area contributed by atoms with Gasteiger partial charge in [-0.05, 0) is 36.4 Å². The summed E-state index contributed by atoms with van der Waals surface area (Å²) >= 11 is 4.89. The molecule has 1 aromatic carbocycles. The van der Waals surface area contributed by atoms with E-state index in [1.165, 1.54) is 11.8 Å². The van der Waals surface area contributed by atoms with Gasteiger partial charge in [-0.1, -0.05) is 33.8 Å². The molecule has 0 N–H and O–H groups in total. The predicted octanol–water partition coefficient (Wildman–Crippen LogP) is 4.44. The van der Waals surface area contributed by atoms with Crippen molar-refractivity contribution in [3.8, 4) is 11.5 Å². The quantitative estimate of drug-likeness (QED) is 0.485. The van der Waals surface area contributed by atoms with Crippen LogP contribution in [-0.4, -0.2) is 19.6 Å². The molecule has 4 aromatic rings. The summed E-state index contributed by atoms with van der Waals surface area (Å²) in [7, 11) is 0. The summed E-state index contributed by atoms with van der Waals surface area (Å²) in [5.74, 6) is 1.21. The van der Waals surface area contributed by atoms with Crippen molar-refractivity contribution in [1.29, 1.82) is 0 Å². The van der Waals surface area contributed by atoms with Crippen molar-refractivity contribution in [1.82, 2.24) is 19.6 Å². The zero-order valence-electron chi connectivity index (χ0n) is 11.9. The lowest BCUT2D eigenvalue weighted by Gasteiger charge is -1.94. The van der Waals surface area contributed by atoms with Gasteiger partial charge in [-0.2, -0.15) is 0 Å². The van der Waals surface area contributed by atoms with Crippen LogP contribution in [0.5, 0.6) is 0 Å². The molecule has 3 aromatic heterocycles. The monoisotopic (exact) mass is 386 g/mol. The van der Waals surface area contributed by atoms with Gasteiger partial charge >= 0.3 is 0 Å². The summed E-state index contributed by atoms with van der Waals surface area (Å²) in [5, 5.41) is 8.72. The Morgan fingerprint density at radius 3 is 2.78 bits per heavy atom. The molecule has 114 valence electrons. The van der Waals surface area contributed by atoms with E-state index in [4.69, 9.17) is 4.42 Å². The van der Waals surface area contributed by atoms with Crippen LogP contribution in [0, 0.1) is 0 Å². The Labute approximate surface area is 144 Å². The third-order valence-electron chi connectivity index (χ3n) is 3.26. The molecule has 3 heterocycles. The maximum atomic E-state index is 5.70. The van der Waals surface area contributed by atoms with Crippen molar-refractivity contribution in [2.45, 2.75) is 11.0 Å². The van der Waals surface area contributed by atoms with Gasteiger partial charge in [0.2, 0.25) is 5.89 Å². The Balaban J connectivity index is 1.48. The van der Waals surface area contributed by atoms with Gasteiger partial charge in [-0.3, -0.25) is 0 Å². The Morgan fingerprint density at radius 1 is 1.09 bits per heavy atom. The van der Waals surface area contributed by atoms with Crippen LogP contribution < -0.4 is 0 Å². The average Bonchev–Trinajstić information content (AvgIpc) is 3.20. The number of hydrogen-bond acceptors (Lipinski definition) is 5. The fourth-order valence-electron chi connectivity index (χ4n) is 2.17. The lowest BCUT2D eigenvalue weighted by atomic mass is 10.2. The Morgan fingerprint density at radius 2 is 1.96 bits per heavy atom. The summed E-state index contributed by atoms with van der Waals surface area (Å²) < 4.78 is 8.71. The fourth-order valence-corrected chi connectivity index (χ4v) is 3.08. The number of aromatic nitrogens is 4. The van der Waals surface area contributed by atoms with Crippen molar-refractivity contribution in [3.05, 3.63) is 65.0 Å². The van der Waals surface area contributed by atoms with Crippen LogP contribution in [0.1, 0.15) is 5.69 Å². The van der Waals surface area contributed by atoms with E-state index in [2.05, 4.69) is 31.1 Å². The van der Waals surface area contributed by atoms with Crippen molar-refractivity contribution in [2.24, 2.45) is 0 Å². The van der Waals surface area contributed by atoms with Gasteiger partial charge in [-0.15, -0.1) is 10.2 Å². The first-order chi connectivity index (χ1) is 11.3. The maximum absolute atomic E-state index is 5.70. The molecule has 0 radical (unpaired) electrons. The smallest absolute Gasteiger partial charge is 0.277 e. The Kier molecular flexibility index (Phi) is 3.88. The van der Waals surface area contributed by atoms with Crippen LogP contribution in [0.15, 0.2) is 69.0 Å². The summed E-state index contributed by atoms with van der Waals surface area (Å²) in [5.41, 5.74) is 2.81. The molecule has 0 fully saturated rings. The van der Waals surface area contributed by atoms with Gasteiger partial charge in [-0.25, -0.2) is 4.98 Å². The average molecular weight is 387 g/mol. The minimum atomic E-state index is 0.523. The normalized spacial score (nSPS) is 11.2. The maximum Gasteiger partial charge on any atom is 0.277 e. The highest BCUT2D eigenvalue weighted by Gasteiger charge is 2.10. The third kappa shape index (κ3) is 3.16. The standard InChI is InChI=1S/C16H11BrN4OS/c17-12-6-4-11(5-7-12)15-19-20-16(22-15)23-10-13-9-21-8-2-1-3-14(21)18-13/h1-9H,10H2. The second-order valence-electron chi connectivity index (χ2n) is 4.87. The van der Waals surface area contributed by atoms with E-state index >= 15 is 0 Å². The SMILES string of the molecule is Brc1ccc(-c2nnc(SCc3cn4ccccc4n3)o2)cc1. The second kappa shape index (κ2) is 6.17. The van der Waals surface area contributed by atoms with Gasteiger partial charge in [0.05, 0.1) is 5.69 Å². The summed E-state index contributed by atoms with van der Waals surface area (Å²) in [6, 6.07) is 13.7. The van der Waals surface area contributed by atoms with Crippen molar-refractivity contribution in [2.75, 3.05) is 0 Å². The van der Waals surface area contributed by atoms with Crippen LogP contribution >= 0.6 is 27.7 Å². The highest BCUT2D eigenvalue weighted by Crippen LogP contribution is 2.26. The summed E-state index contributed by atoms with van der Waals surface area (Å²) in [6.07, 6.45) is 3.99. The van der Waals surface area contributed by atoms with Crippen LogP contribution in [0.2, 0.25) is 0 Å². The van der Waals surface area contributed by atoms with Crippen LogP contribution in [-0.2, 0) is 5.75 Å². The highest BCUT2D eigenvalue weighted by molar-refractivity contribution is 9.10. The molecule has 0 bridgehead atoms. The van der Waals surface area contributed by atoms with Gasteiger partial charge in [0.15, 0.2) is 0 Å². The predicted molar refractivity (Wildman–Crippen MR) is 92.2 cm³/mol. The van der Waals surface area contributed by atoms with Crippen LogP contribution in [0.25, 0.3) is 17.1 Å². The molecule has 0 amide bonds. The molecule has 4 rings (SSSR count). The molecule has 7 heteroatoms. The summed E-state index contributed by atoms with van der Waals surface area (Å²) in [4.78, 5) is 4.55. The Hall–Kier alpha value is -2.12. The number of nitrogens with zero attached hydrogens (tertiary/aromatic N) is 4. The number of benzene rings is 1. The third-order valence-corrected chi connectivity index (χ3v) is 4.64. The first-order valence-corrected chi connectivity index (χ1v) is 8.71. The molecule has 0 saturated heterocycles. The van der Waals surface area contributed by atoms with Gasteiger partial charge in [0, 0.05) is 28.2 Å². The van der Waals surface area contributed by atoms with Crippen LogP contribution in [0.4, 0.5) is 0 Å². The first kappa shape index (κ1) is 14.5. The number of pyridine rings is 1. The minimum Gasteiger partial charge on any atom is -0.411 e. The molecule has 0 aliphatic rings. The first-order valence-electron chi connectivity index (χ1n) is 6.93. The van der Waals surface area contributed by atoms with Crippen LogP contribution in [0.3, 0.4) is 0 Å². The van der Waals surface area contributed by atoms with E-state index in [0.29, 0.717) is 16.9 Å². The van der Waals surface area contributed by atoms with E-state index in [1.807, 2.05) is 59.3 Å². The van der Waals surface area contributed by atoms with Gasteiger partial charge < -0.3 is 8.82 Å². The van der Waals surface area contributed by atoms with Crippen molar-refractivity contribution < 1.29 is 4.42 Å². The zero-order valence-corrected chi connectivity index (χ0v) is 14.3. The lowest BCUT2D eigenvalue weighted by molar-refractivity contribution is 0.466. The van der Waals surface area contributed by atoms with Gasteiger partial charge in [0.25, 0.3) is 5.22 Å². The van der Waals surface area contributed by atoms with Gasteiger partial charge in [0.1, 0.15) is 5.65 Å². The number of fused-ring (bicyclic) bond motifs is 1. The number of imidazole rings is 1. The Bertz CT molecular complexity index is 915. The molecular weight excluding hydrogens is 376 g/mol. The molecule has 0 spiro atoms. The van der Waals surface area contributed by atoms with Crippen molar-refractivity contribution in [3.63, 3.8) is 0 Å². The molecule has 0 unspecified atom stereocenters. The number of thioether (sulfide) groups is 1. The molecule has 0 atom stereocenters. The molecule has 0 aliphatic heterocycles. The summed E-state index contributed by atoms with van der Waals surface area (Å²) in [6.45, 7) is 0. The fraction of sp³-hybridized carbons (Fsp3) is 0.0625. The van der Waals surface area contributed by atoms with E-state index in [1.54, 1.807) is 0 Å². The molecule has 5 nitrogen and oxygen atoms in total. The second-order valence-corrected chi connectivity index (χ2v) is 6.71. The highest BCUT2D eigenvalue weighted by atomic mass is 79.9. The number of hydrogen-bond donors (Lipinski definition) is 0. The zero-order chi connectivity index (χ0) is 15.6. The van der Waals surface area contributed by atoms with Crippen molar-refractivity contribution >= 4 is 33.3 Å². The topological polar surface area (TPSA) is 56.2 Å². The minimum absolute atomic E-state index is 0.523. The molecule has 0 aliphatic carbocycles. The number of rotatable bonds is 4. The number of halogens is 1. The van der Waals surface area contributed by atoms with E-state index < -0.39 is 0 Å². The molecular formula is C16H11BrN4OS. The molecule has 23 heavy (non-hydrogen) atoms. The largest absolute Gasteiger partial charge is 0.411 e. The lowest BCUT2D eigenvalue weighted by Crippen LogP contribution is -1.79. The van der Waals surface area contributed by atoms with E-state index in [9.17, 15) is 0 Å².